The molecular formula is C11H16N4O2. The molecule has 6 nitrogen and oxygen atoms in total. The molecule has 0 aliphatic heterocycles. The molecule has 1 N–H and O–H groups in total. The fourth-order valence-electron chi connectivity index (χ4n) is 1.77. The largest absolute Gasteiger partial charge is 0.336 e. The number of rotatable bonds is 2. The van der Waals surface area contributed by atoms with E-state index in [0.717, 1.165) is 16.8 Å². The molecule has 0 amide bonds. The van der Waals surface area contributed by atoms with E-state index < -0.39 is 0 Å². The number of nitrogens with zero attached hydrogens (tertiary/aromatic N) is 3. The SMILES string of the molecule is CC[C@@H](C)c1nc2c([nH]1)c(=O)n(C)c(=O)n2C. The molecule has 2 aromatic heterocycles. The van der Waals surface area contributed by atoms with Crippen LogP contribution in [0.15, 0.2) is 9.59 Å². The van der Waals surface area contributed by atoms with Crippen LogP contribution in [0.25, 0.3) is 11.2 Å². The molecule has 0 saturated heterocycles. The molecule has 2 aromatic rings. The Labute approximate surface area is 97.9 Å². The summed E-state index contributed by atoms with van der Waals surface area (Å²) < 4.78 is 2.47. The predicted molar refractivity (Wildman–Crippen MR) is 65.3 cm³/mol. The van der Waals surface area contributed by atoms with E-state index in [-0.39, 0.29) is 17.2 Å². The van der Waals surface area contributed by atoms with Gasteiger partial charge in [-0.1, -0.05) is 13.8 Å². The maximum Gasteiger partial charge on any atom is 0.332 e. The molecule has 2 rings (SSSR count). The summed E-state index contributed by atoms with van der Waals surface area (Å²) in [5.74, 6) is 0.989. The van der Waals surface area contributed by atoms with Crippen molar-refractivity contribution in [2.45, 2.75) is 26.2 Å². The zero-order valence-corrected chi connectivity index (χ0v) is 10.4. The third-order valence-corrected chi connectivity index (χ3v) is 3.19. The highest BCUT2D eigenvalue weighted by Gasteiger charge is 2.15. The van der Waals surface area contributed by atoms with Crippen molar-refractivity contribution in [3.63, 3.8) is 0 Å². The summed E-state index contributed by atoms with van der Waals surface area (Å²) in [4.78, 5) is 31.0. The standard InChI is InChI=1S/C11H16N4O2/c1-5-6(2)8-12-7-9(13-8)14(3)11(17)15(4)10(7)16/h6H,5H2,1-4H3,(H,12,13)/t6-/m1/s1. The van der Waals surface area contributed by atoms with Crippen molar-refractivity contribution in [1.82, 2.24) is 19.1 Å². The van der Waals surface area contributed by atoms with Gasteiger partial charge in [-0.3, -0.25) is 13.9 Å². The van der Waals surface area contributed by atoms with Gasteiger partial charge in [-0.25, -0.2) is 9.78 Å². The molecule has 0 spiro atoms. The van der Waals surface area contributed by atoms with Gasteiger partial charge in [0.25, 0.3) is 5.56 Å². The first kappa shape index (κ1) is 11.6. The fourth-order valence-corrected chi connectivity index (χ4v) is 1.77. The van der Waals surface area contributed by atoms with Gasteiger partial charge in [-0.05, 0) is 6.42 Å². The Bertz CT molecular complexity index is 677. The van der Waals surface area contributed by atoms with E-state index in [0.29, 0.717) is 11.2 Å². The molecule has 2 heterocycles. The first-order valence-corrected chi connectivity index (χ1v) is 5.63. The van der Waals surface area contributed by atoms with Crippen LogP contribution in [0, 0.1) is 0 Å². The van der Waals surface area contributed by atoms with E-state index >= 15 is 0 Å². The molecule has 0 aliphatic carbocycles. The third kappa shape index (κ3) is 1.60. The molecule has 17 heavy (non-hydrogen) atoms. The molecule has 0 bridgehead atoms. The lowest BCUT2D eigenvalue weighted by atomic mass is 10.1. The van der Waals surface area contributed by atoms with Crippen LogP contribution < -0.4 is 11.2 Å². The van der Waals surface area contributed by atoms with Gasteiger partial charge in [0.1, 0.15) is 11.3 Å². The number of hydrogen-bond acceptors (Lipinski definition) is 3. The van der Waals surface area contributed by atoms with Crippen molar-refractivity contribution in [2.24, 2.45) is 14.1 Å². The summed E-state index contributed by atoms with van der Waals surface area (Å²) in [6.07, 6.45) is 0.925. The van der Waals surface area contributed by atoms with Gasteiger partial charge in [0, 0.05) is 20.0 Å². The number of aromatic nitrogens is 4. The molecule has 6 heteroatoms. The number of aryl methyl sites for hydroxylation is 1. The van der Waals surface area contributed by atoms with E-state index in [1.165, 1.54) is 11.6 Å². The zero-order valence-electron chi connectivity index (χ0n) is 10.4. The van der Waals surface area contributed by atoms with Crippen molar-refractivity contribution in [3.05, 3.63) is 26.7 Å². The maximum atomic E-state index is 11.9. The lowest BCUT2D eigenvalue weighted by molar-refractivity contribution is 0.688. The molecule has 0 aromatic carbocycles. The molecule has 0 fully saturated rings. The monoisotopic (exact) mass is 236 g/mol. The maximum absolute atomic E-state index is 11.9. The van der Waals surface area contributed by atoms with Crippen molar-refractivity contribution in [1.29, 1.82) is 0 Å². The zero-order chi connectivity index (χ0) is 12.7. The van der Waals surface area contributed by atoms with E-state index in [1.54, 1.807) is 7.05 Å². The Kier molecular flexibility index (Phi) is 2.65. The average molecular weight is 236 g/mol. The normalized spacial score (nSPS) is 13.2. The Morgan fingerprint density at radius 2 is 1.94 bits per heavy atom. The average Bonchev–Trinajstić information content (AvgIpc) is 2.77. The molecule has 0 aliphatic rings. The summed E-state index contributed by atoms with van der Waals surface area (Å²) in [6.45, 7) is 4.08. The Hall–Kier alpha value is -1.85. The number of nitrogens with one attached hydrogen (secondary N) is 1. The van der Waals surface area contributed by atoms with Crippen molar-refractivity contribution in [2.75, 3.05) is 0 Å². The first-order chi connectivity index (χ1) is 7.97. The van der Waals surface area contributed by atoms with E-state index in [4.69, 9.17) is 0 Å². The molecule has 1 atom stereocenters. The topological polar surface area (TPSA) is 72.7 Å². The summed E-state index contributed by atoms with van der Waals surface area (Å²) >= 11 is 0. The third-order valence-electron chi connectivity index (χ3n) is 3.19. The number of fused-ring (bicyclic) bond motifs is 1. The van der Waals surface area contributed by atoms with Crippen LogP contribution in [0.2, 0.25) is 0 Å². The van der Waals surface area contributed by atoms with Crippen molar-refractivity contribution >= 4 is 11.2 Å². The summed E-state index contributed by atoms with van der Waals surface area (Å²) in [6, 6.07) is 0. The van der Waals surface area contributed by atoms with Crippen LogP contribution in [-0.2, 0) is 14.1 Å². The quantitative estimate of drug-likeness (QED) is 0.824. The second-order valence-corrected chi connectivity index (χ2v) is 4.34. The molecular weight excluding hydrogens is 220 g/mol. The molecule has 0 unspecified atom stereocenters. The highest BCUT2D eigenvalue weighted by molar-refractivity contribution is 5.69. The number of hydrogen-bond donors (Lipinski definition) is 1. The number of aromatic amines is 1. The Morgan fingerprint density at radius 1 is 1.29 bits per heavy atom. The number of imidazole rings is 1. The van der Waals surface area contributed by atoms with Crippen LogP contribution in [0.5, 0.6) is 0 Å². The molecule has 0 radical (unpaired) electrons. The Morgan fingerprint density at radius 3 is 2.53 bits per heavy atom. The van der Waals surface area contributed by atoms with Crippen molar-refractivity contribution in [3.8, 4) is 0 Å². The fraction of sp³-hybridized carbons (Fsp3) is 0.545. The smallest absolute Gasteiger partial charge is 0.332 e. The lowest BCUT2D eigenvalue weighted by Crippen LogP contribution is -2.36. The molecule has 0 saturated carbocycles. The first-order valence-electron chi connectivity index (χ1n) is 5.63. The highest BCUT2D eigenvalue weighted by atomic mass is 16.2. The van der Waals surface area contributed by atoms with Crippen LogP contribution in [0.4, 0.5) is 0 Å². The van der Waals surface area contributed by atoms with Crippen LogP contribution in [-0.4, -0.2) is 19.1 Å². The van der Waals surface area contributed by atoms with Crippen LogP contribution in [0.1, 0.15) is 32.0 Å². The van der Waals surface area contributed by atoms with E-state index in [2.05, 4.69) is 16.9 Å². The van der Waals surface area contributed by atoms with Crippen LogP contribution >= 0.6 is 0 Å². The second kappa shape index (κ2) is 3.87. The van der Waals surface area contributed by atoms with E-state index in [1.807, 2.05) is 6.92 Å². The van der Waals surface area contributed by atoms with Gasteiger partial charge in [-0.2, -0.15) is 0 Å². The summed E-state index contributed by atoms with van der Waals surface area (Å²) in [7, 11) is 3.08. The lowest BCUT2D eigenvalue weighted by Gasteiger charge is -2.01. The Balaban J connectivity index is 2.86. The van der Waals surface area contributed by atoms with Crippen molar-refractivity contribution < 1.29 is 0 Å². The van der Waals surface area contributed by atoms with Gasteiger partial charge in [0.15, 0.2) is 5.65 Å². The predicted octanol–water partition coefficient (Wildman–Crippen LogP) is 0.474. The van der Waals surface area contributed by atoms with Gasteiger partial charge >= 0.3 is 5.69 Å². The van der Waals surface area contributed by atoms with Gasteiger partial charge in [0.2, 0.25) is 0 Å². The minimum atomic E-state index is -0.357. The minimum absolute atomic E-state index is 0.238. The second-order valence-electron chi connectivity index (χ2n) is 4.34. The van der Waals surface area contributed by atoms with E-state index in [9.17, 15) is 9.59 Å². The van der Waals surface area contributed by atoms with Gasteiger partial charge < -0.3 is 4.98 Å². The summed E-state index contributed by atoms with van der Waals surface area (Å²) in [5.41, 5.74) is 0.133. The van der Waals surface area contributed by atoms with Gasteiger partial charge in [0.05, 0.1) is 0 Å². The summed E-state index contributed by atoms with van der Waals surface area (Å²) in [5, 5.41) is 0. The highest BCUT2D eigenvalue weighted by Crippen LogP contribution is 2.16. The van der Waals surface area contributed by atoms with Crippen LogP contribution in [0.3, 0.4) is 0 Å². The minimum Gasteiger partial charge on any atom is -0.336 e. The molecule has 92 valence electrons. The number of H-pyrrole nitrogens is 1. The van der Waals surface area contributed by atoms with Gasteiger partial charge in [-0.15, -0.1) is 0 Å².